The van der Waals surface area contributed by atoms with Crippen molar-refractivity contribution in [3.05, 3.63) is 33.8 Å². The van der Waals surface area contributed by atoms with Gasteiger partial charge in [-0.2, -0.15) is 13.2 Å². The third-order valence-corrected chi connectivity index (χ3v) is 2.68. The molecule has 0 amide bonds. The number of alkyl halides is 4. The monoisotopic (exact) mass is 270 g/mol. The van der Waals surface area contributed by atoms with E-state index < -0.39 is 29.0 Å². The lowest BCUT2D eigenvalue weighted by atomic mass is 10.0. The van der Waals surface area contributed by atoms with Crippen molar-refractivity contribution in [2.24, 2.45) is 0 Å². The standard InChI is InChI=1S/C10H7Cl2F3O/c1-5-2-6(9(16)4-11)7(3-8(5)12)10(13,14)15/h2-3H,4H2,1H3. The number of ketones is 1. The Bertz CT molecular complexity index is 427. The Hall–Kier alpha value is -0.740. The first-order valence-corrected chi connectivity index (χ1v) is 5.15. The highest BCUT2D eigenvalue weighted by Crippen LogP contribution is 2.35. The van der Waals surface area contributed by atoms with Crippen LogP contribution in [0.15, 0.2) is 12.1 Å². The molecule has 0 bridgehead atoms. The second kappa shape index (κ2) is 4.63. The van der Waals surface area contributed by atoms with Crippen molar-refractivity contribution in [3.63, 3.8) is 0 Å². The second-order valence-corrected chi connectivity index (χ2v) is 3.88. The first-order valence-electron chi connectivity index (χ1n) is 4.24. The number of Topliss-reactive ketones (excluding diaryl/α,β-unsaturated/α-hetero) is 1. The van der Waals surface area contributed by atoms with Gasteiger partial charge in [-0.1, -0.05) is 11.6 Å². The summed E-state index contributed by atoms with van der Waals surface area (Å²) in [5, 5.41) is -0.0292. The van der Waals surface area contributed by atoms with Crippen LogP contribution in [0, 0.1) is 6.92 Å². The smallest absolute Gasteiger partial charge is 0.293 e. The maximum atomic E-state index is 12.6. The van der Waals surface area contributed by atoms with E-state index in [4.69, 9.17) is 23.2 Å². The van der Waals surface area contributed by atoms with Crippen LogP contribution in [-0.2, 0) is 6.18 Å². The molecule has 1 rings (SSSR count). The third-order valence-electron chi connectivity index (χ3n) is 2.03. The number of benzene rings is 1. The fraction of sp³-hybridized carbons (Fsp3) is 0.300. The van der Waals surface area contributed by atoms with Crippen molar-refractivity contribution >= 4 is 29.0 Å². The average Bonchev–Trinajstić information content (AvgIpc) is 2.18. The Morgan fingerprint density at radius 2 is 1.94 bits per heavy atom. The van der Waals surface area contributed by atoms with E-state index in [9.17, 15) is 18.0 Å². The molecular formula is C10H7Cl2F3O. The lowest BCUT2D eigenvalue weighted by Gasteiger charge is -2.13. The summed E-state index contributed by atoms with van der Waals surface area (Å²) in [4.78, 5) is 11.3. The largest absolute Gasteiger partial charge is 0.417 e. The number of carbonyl (C=O) groups excluding carboxylic acids is 1. The van der Waals surface area contributed by atoms with Gasteiger partial charge in [-0.15, -0.1) is 11.6 Å². The predicted octanol–water partition coefficient (Wildman–Crippen LogP) is 4.09. The van der Waals surface area contributed by atoms with Crippen LogP contribution in [0.4, 0.5) is 13.2 Å². The highest BCUT2D eigenvalue weighted by Gasteiger charge is 2.35. The minimum absolute atomic E-state index is 0.0292. The summed E-state index contributed by atoms with van der Waals surface area (Å²) in [6, 6.07) is 1.85. The van der Waals surface area contributed by atoms with Crippen molar-refractivity contribution in [1.29, 1.82) is 0 Å². The molecule has 6 heteroatoms. The van der Waals surface area contributed by atoms with Gasteiger partial charge in [-0.3, -0.25) is 4.79 Å². The van der Waals surface area contributed by atoms with E-state index in [1.165, 1.54) is 6.92 Å². The molecule has 0 saturated heterocycles. The molecule has 16 heavy (non-hydrogen) atoms. The van der Waals surface area contributed by atoms with Gasteiger partial charge in [0.05, 0.1) is 11.4 Å². The first kappa shape index (κ1) is 13.3. The zero-order chi connectivity index (χ0) is 12.5. The summed E-state index contributed by atoms with van der Waals surface area (Å²) in [5.74, 6) is -1.27. The molecule has 0 radical (unpaired) electrons. The van der Waals surface area contributed by atoms with Crippen molar-refractivity contribution in [3.8, 4) is 0 Å². The summed E-state index contributed by atoms with van der Waals surface area (Å²) in [6.45, 7) is 1.52. The molecular weight excluding hydrogens is 264 g/mol. The molecule has 0 aliphatic rings. The van der Waals surface area contributed by atoms with Gasteiger partial charge in [-0.05, 0) is 24.6 Å². The van der Waals surface area contributed by atoms with E-state index in [0.29, 0.717) is 5.56 Å². The Labute approximate surface area is 100 Å². The van der Waals surface area contributed by atoms with Crippen molar-refractivity contribution in [2.45, 2.75) is 13.1 Å². The molecule has 1 aromatic rings. The zero-order valence-electron chi connectivity index (χ0n) is 8.16. The fourth-order valence-electron chi connectivity index (χ4n) is 1.22. The van der Waals surface area contributed by atoms with E-state index in [-0.39, 0.29) is 5.02 Å². The molecule has 0 fully saturated rings. The summed E-state index contributed by atoms with van der Waals surface area (Å²) >= 11 is 10.8. The SMILES string of the molecule is Cc1cc(C(=O)CCl)c(C(F)(F)F)cc1Cl. The van der Waals surface area contributed by atoms with Crippen LogP contribution in [0.2, 0.25) is 5.02 Å². The van der Waals surface area contributed by atoms with Crippen molar-refractivity contribution < 1.29 is 18.0 Å². The summed E-state index contributed by atoms with van der Waals surface area (Å²) in [7, 11) is 0. The predicted molar refractivity (Wildman–Crippen MR) is 56.2 cm³/mol. The van der Waals surface area contributed by atoms with Crippen LogP contribution in [0.5, 0.6) is 0 Å². The van der Waals surface area contributed by atoms with E-state index >= 15 is 0 Å². The van der Waals surface area contributed by atoms with Crippen LogP contribution in [0.3, 0.4) is 0 Å². The van der Waals surface area contributed by atoms with E-state index in [1.54, 1.807) is 0 Å². The van der Waals surface area contributed by atoms with E-state index in [0.717, 1.165) is 12.1 Å². The number of carbonyl (C=O) groups is 1. The minimum Gasteiger partial charge on any atom is -0.293 e. The van der Waals surface area contributed by atoms with Gasteiger partial charge in [0, 0.05) is 10.6 Å². The zero-order valence-corrected chi connectivity index (χ0v) is 9.67. The van der Waals surface area contributed by atoms with Crippen LogP contribution in [0.1, 0.15) is 21.5 Å². The number of hydrogen-bond donors (Lipinski definition) is 0. The highest BCUT2D eigenvalue weighted by molar-refractivity contribution is 6.32. The molecule has 1 nitrogen and oxygen atoms in total. The number of rotatable bonds is 2. The quantitative estimate of drug-likeness (QED) is 0.585. The van der Waals surface area contributed by atoms with Gasteiger partial charge >= 0.3 is 6.18 Å². The molecule has 88 valence electrons. The Balaban J connectivity index is 3.45. The molecule has 0 aliphatic carbocycles. The minimum atomic E-state index is -4.62. The number of hydrogen-bond acceptors (Lipinski definition) is 1. The molecule has 0 saturated carbocycles. The Morgan fingerprint density at radius 3 is 2.38 bits per heavy atom. The molecule has 0 aromatic heterocycles. The van der Waals surface area contributed by atoms with Crippen LogP contribution in [0.25, 0.3) is 0 Å². The molecule has 0 spiro atoms. The highest BCUT2D eigenvalue weighted by atomic mass is 35.5. The van der Waals surface area contributed by atoms with Crippen LogP contribution < -0.4 is 0 Å². The van der Waals surface area contributed by atoms with E-state index in [1.807, 2.05) is 0 Å². The first-order chi connectivity index (χ1) is 7.27. The van der Waals surface area contributed by atoms with Gasteiger partial charge in [0.15, 0.2) is 5.78 Å². The van der Waals surface area contributed by atoms with Crippen LogP contribution >= 0.6 is 23.2 Å². The van der Waals surface area contributed by atoms with Crippen molar-refractivity contribution in [1.82, 2.24) is 0 Å². The maximum Gasteiger partial charge on any atom is 0.417 e. The molecule has 0 unspecified atom stereocenters. The Kier molecular flexibility index (Phi) is 3.86. The van der Waals surface area contributed by atoms with Gasteiger partial charge in [0.1, 0.15) is 0 Å². The lowest BCUT2D eigenvalue weighted by molar-refractivity contribution is -0.137. The van der Waals surface area contributed by atoms with Gasteiger partial charge in [0.2, 0.25) is 0 Å². The van der Waals surface area contributed by atoms with Gasteiger partial charge in [0.25, 0.3) is 0 Å². The van der Waals surface area contributed by atoms with E-state index in [2.05, 4.69) is 0 Å². The third kappa shape index (κ3) is 2.68. The van der Waals surface area contributed by atoms with Gasteiger partial charge in [-0.25, -0.2) is 0 Å². The molecule has 0 N–H and O–H groups in total. The Morgan fingerprint density at radius 1 is 1.38 bits per heavy atom. The second-order valence-electron chi connectivity index (χ2n) is 3.20. The summed E-state index contributed by atoms with van der Waals surface area (Å²) < 4.78 is 37.8. The fourth-order valence-corrected chi connectivity index (χ4v) is 1.53. The summed E-state index contributed by atoms with van der Waals surface area (Å²) in [5.41, 5.74) is -1.08. The van der Waals surface area contributed by atoms with Crippen molar-refractivity contribution in [2.75, 3.05) is 5.88 Å². The van der Waals surface area contributed by atoms with Crippen LogP contribution in [-0.4, -0.2) is 11.7 Å². The molecule has 0 aliphatic heterocycles. The topological polar surface area (TPSA) is 17.1 Å². The van der Waals surface area contributed by atoms with Gasteiger partial charge < -0.3 is 0 Å². The number of halogens is 5. The molecule has 0 atom stereocenters. The normalized spacial score (nSPS) is 11.6. The maximum absolute atomic E-state index is 12.6. The average molecular weight is 271 g/mol. The lowest BCUT2D eigenvalue weighted by Crippen LogP contribution is -2.14. The summed E-state index contributed by atoms with van der Waals surface area (Å²) in [6.07, 6.45) is -4.62. The molecule has 0 heterocycles. The number of aryl methyl sites for hydroxylation is 1. The molecule has 1 aromatic carbocycles.